The van der Waals surface area contributed by atoms with Gasteiger partial charge in [-0.3, -0.25) is 4.79 Å². The molecular weight excluding hydrogens is 378 g/mol. The quantitative estimate of drug-likeness (QED) is 0.699. The van der Waals surface area contributed by atoms with Gasteiger partial charge in [-0.15, -0.1) is 0 Å². The van der Waals surface area contributed by atoms with Gasteiger partial charge in [-0.05, 0) is 44.9 Å². The van der Waals surface area contributed by atoms with Crippen molar-refractivity contribution in [1.82, 2.24) is 15.2 Å². The third-order valence-electron chi connectivity index (χ3n) is 5.33. The lowest BCUT2D eigenvalue weighted by Gasteiger charge is -2.28. The molecule has 1 saturated heterocycles. The number of carbonyl (C=O) groups excluding carboxylic acids is 1. The molecule has 1 aliphatic heterocycles. The molecule has 1 aromatic carbocycles. The number of pyridine rings is 1. The van der Waals surface area contributed by atoms with Crippen molar-refractivity contribution in [2.45, 2.75) is 38.3 Å². The van der Waals surface area contributed by atoms with Gasteiger partial charge in [0.1, 0.15) is 17.6 Å². The normalized spacial score (nSPS) is 16.2. The molecule has 3 rings (SSSR count). The minimum absolute atomic E-state index is 0.0218. The SMILES string of the molecule is COc1ccccc1-c1ccc(NCC(C)(C)NCC(=O)N2CCCC2C#N)nc1. The summed E-state index contributed by atoms with van der Waals surface area (Å²) in [6.45, 7) is 5.54. The standard InChI is InChI=1S/C23H29N5O2/c1-23(2,27-15-22(29)28-12-6-7-18(28)13-24)16-26-21-11-10-17(14-25-21)19-8-4-5-9-20(19)30-3/h4-5,8-11,14,18,27H,6-7,12,15-16H2,1-3H3,(H,25,26). The maximum atomic E-state index is 12.4. The van der Waals surface area contributed by atoms with Crippen LogP contribution in [-0.4, -0.2) is 54.1 Å². The highest BCUT2D eigenvalue weighted by Crippen LogP contribution is 2.29. The van der Waals surface area contributed by atoms with E-state index in [-0.39, 0.29) is 24.0 Å². The summed E-state index contributed by atoms with van der Waals surface area (Å²) >= 11 is 0. The number of methoxy groups -OCH3 is 1. The molecule has 158 valence electrons. The molecule has 0 spiro atoms. The van der Waals surface area contributed by atoms with Crippen LogP contribution in [0.15, 0.2) is 42.6 Å². The number of nitriles is 1. The molecule has 1 atom stereocenters. The fraction of sp³-hybridized carbons (Fsp3) is 0.435. The van der Waals surface area contributed by atoms with Crippen LogP contribution < -0.4 is 15.4 Å². The number of carbonyl (C=O) groups is 1. The molecule has 0 saturated carbocycles. The van der Waals surface area contributed by atoms with Crippen molar-refractivity contribution in [3.8, 4) is 22.9 Å². The molecule has 1 fully saturated rings. The summed E-state index contributed by atoms with van der Waals surface area (Å²) in [4.78, 5) is 18.6. The number of rotatable bonds is 8. The minimum atomic E-state index is -0.319. The van der Waals surface area contributed by atoms with Crippen LogP contribution in [0, 0.1) is 11.3 Å². The second kappa shape index (κ2) is 9.59. The van der Waals surface area contributed by atoms with Gasteiger partial charge in [0, 0.05) is 36.0 Å². The molecule has 1 aromatic heterocycles. The van der Waals surface area contributed by atoms with E-state index in [0.717, 1.165) is 35.5 Å². The van der Waals surface area contributed by atoms with Gasteiger partial charge in [0.2, 0.25) is 5.91 Å². The summed E-state index contributed by atoms with van der Waals surface area (Å²) in [5, 5.41) is 15.8. The van der Waals surface area contributed by atoms with Gasteiger partial charge in [0.15, 0.2) is 0 Å². The van der Waals surface area contributed by atoms with E-state index in [0.29, 0.717) is 13.1 Å². The van der Waals surface area contributed by atoms with Crippen LogP contribution in [0.3, 0.4) is 0 Å². The topological polar surface area (TPSA) is 90.3 Å². The Morgan fingerprint density at radius 2 is 2.13 bits per heavy atom. The molecule has 1 aliphatic rings. The number of likely N-dealkylation sites (tertiary alicyclic amines) is 1. The Kier molecular flexibility index (Phi) is 6.91. The Hall–Kier alpha value is -3.11. The number of hydrogen-bond donors (Lipinski definition) is 2. The molecular formula is C23H29N5O2. The third kappa shape index (κ3) is 5.28. The second-order valence-electron chi connectivity index (χ2n) is 8.10. The summed E-state index contributed by atoms with van der Waals surface area (Å²) in [5.74, 6) is 1.55. The van der Waals surface area contributed by atoms with E-state index in [1.807, 2.05) is 56.4 Å². The highest BCUT2D eigenvalue weighted by molar-refractivity contribution is 5.79. The van der Waals surface area contributed by atoms with Gasteiger partial charge in [0.25, 0.3) is 0 Å². The molecule has 30 heavy (non-hydrogen) atoms. The van der Waals surface area contributed by atoms with Gasteiger partial charge < -0.3 is 20.3 Å². The number of benzene rings is 1. The fourth-order valence-corrected chi connectivity index (χ4v) is 3.53. The molecule has 7 heteroatoms. The van der Waals surface area contributed by atoms with Crippen molar-refractivity contribution >= 4 is 11.7 Å². The summed E-state index contributed by atoms with van der Waals surface area (Å²) in [7, 11) is 1.66. The van der Waals surface area contributed by atoms with Crippen LogP contribution in [0.4, 0.5) is 5.82 Å². The van der Waals surface area contributed by atoms with Crippen LogP contribution in [0.25, 0.3) is 11.1 Å². The van der Waals surface area contributed by atoms with Gasteiger partial charge in [0.05, 0.1) is 19.7 Å². The largest absolute Gasteiger partial charge is 0.496 e. The predicted octanol–water partition coefficient (Wildman–Crippen LogP) is 3.05. The molecule has 2 aromatic rings. The van der Waals surface area contributed by atoms with E-state index in [9.17, 15) is 4.79 Å². The molecule has 1 amide bonds. The number of hydrogen-bond acceptors (Lipinski definition) is 6. The van der Waals surface area contributed by atoms with E-state index in [1.54, 1.807) is 12.0 Å². The monoisotopic (exact) mass is 407 g/mol. The Morgan fingerprint density at radius 3 is 2.83 bits per heavy atom. The first-order chi connectivity index (χ1) is 14.4. The summed E-state index contributed by atoms with van der Waals surface area (Å²) < 4.78 is 5.42. The van der Waals surface area contributed by atoms with E-state index < -0.39 is 0 Å². The Bertz CT molecular complexity index is 905. The van der Waals surface area contributed by atoms with Crippen molar-refractivity contribution < 1.29 is 9.53 Å². The Morgan fingerprint density at radius 1 is 1.33 bits per heavy atom. The second-order valence-corrected chi connectivity index (χ2v) is 8.10. The average molecular weight is 408 g/mol. The van der Waals surface area contributed by atoms with Gasteiger partial charge >= 0.3 is 0 Å². The number of amides is 1. The minimum Gasteiger partial charge on any atom is -0.496 e. The number of anilines is 1. The van der Waals surface area contributed by atoms with E-state index in [2.05, 4.69) is 21.7 Å². The number of para-hydroxylation sites is 1. The zero-order valence-electron chi connectivity index (χ0n) is 17.8. The lowest BCUT2D eigenvalue weighted by molar-refractivity contribution is -0.130. The zero-order chi connectivity index (χ0) is 21.6. The van der Waals surface area contributed by atoms with Crippen LogP contribution >= 0.6 is 0 Å². The van der Waals surface area contributed by atoms with E-state index >= 15 is 0 Å². The number of aromatic nitrogens is 1. The Balaban J connectivity index is 1.53. The predicted molar refractivity (Wildman–Crippen MR) is 117 cm³/mol. The van der Waals surface area contributed by atoms with Gasteiger partial charge in [-0.25, -0.2) is 4.98 Å². The van der Waals surface area contributed by atoms with Crippen LogP contribution in [0.2, 0.25) is 0 Å². The first-order valence-electron chi connectivity index (χ1n) is 10.2. The summed E-state index contributed by atoms with van der Waals surface area (Å²) in [6.07, 6.45) is 3.48. The van der Waals surface area contributed by atoms with Crippen molar-refractivity contribution in [2.75, 3.05) is 32.1 Å². The number of ether oxygens (including phenoxy) is 1. The molecule has 2 heterocycles. The molecule has 1 unspecified atom stereocenters. The molecule has 2 N–H and O–H groups in total. The average Bonchev–Trinajstić information content (AvgIpc) is 3.25. The van der Waals surface area contributed by atoms with E-state index in [1.165, 1.54) is 0 Å². The third-order valence-corrected chi connectivity index (χ3v) is 5.33. The fourth-order valence-electron chi connectivity index (χ4n) is 3.53. The smallest absolute Gasteiger partial charge is 0.237 e. The van der Waals surface area contributed by atoms with Gasteiger partial charge in [-0.2, -0.15) is 5.26 Å². The molecule has 0 radical (unpaired) electrons. The van der Waals surface area contributed by atoms with Crippen LogP contribution in [0.5, 0.6) is 5.75 Å². The van der Waals surface area contributed by atoms with Crippen molar-refractivity contribution in [3.05, 3.63) is 42.6 Å². The first kappa shape index (κ1) is 21.6. The van der Waals surface area contributed by atoms with Crippen LogP contribution in [-0.2, 0) is 4.79 Å². The number of nitrogens with zero attached hydrogens (tertiary/aromatic N) is 3. The van der Waals surface area contributed by atoms with Crippen molar-refractivity contribution in [2.24, 2.45) is 0 Å². The molecule has 0 aliphatic carbocycles. The maximum absolute atomic E-state index is 12.4. The number of nitrogens with one attached hydrogen (secondary N) is 2. The van der Waals surface area contributed by atoms with Crippen LogP contribution in [0.1, 0.15) is 26.7 Å². The highest BCUT2D eigenvalue weighted by Gasteiger charge is 2.29. The lowest BCUT2D eigenvalue weighted by Crippen LogP contribution is -2.50. The van der Waals surface area contributed by atoms with Crippen molar-refractivity contribution in [1.29, 1.82) is 5.26 Å². The maximum Gasteiger partial charge on any atom is 0.237 e. The summed E-state index contributed by atoms with van der Waals surface area (Å²) in [6, 6.07) is 13.7. The molecule has 0 bridgehead atoms. The van der Waals surface area contributed by atoms with E-state index in [4.69, 9.17) is 10.00 Å². The van der Waals surface area contributed by atoms with Gasteiger partial charge in [-0.1, -0.05) is 18.2 Å². The zero-order valence-corrected chi connectivity index (χ0v) is 17.8. The Labute approximate surface area is 178 Å². The van der Waals surface area contributed by atoms with Crippen molar-refractivity contribution in [3.63, 3.8) is 0 Å². The lowest BCUT2D eigenvalue weighted by atomic mass is 10.1. The molecule has 7 nitrogen and oxygen atoms in total. The first-order valence-corrected chi connectivity index (χ1v) is 10.2. The summed E-state index contributed by atoms with van der Waals surface area (Å²) in [5.41, 5.74) is 1.66. The highest BCUT2D eigenvalue weighted by atomic mass is 16.5.